The third-order valence-electron chi connectivity index (χ3n) is 4.04. The van der Waals surface area contributed by atoms with Gasteiger partial charge >= 0.3 is 0 Å². The van der Waals surface area contributed by atoms with Gasteiger partial charge in [-0.2, -0.15) is 0 Å². The molecule has 1 aromatic rings. The number of nitrogens with two attached hydrogens (primary N) is 1. The van der Waals surface area contributed by atoms with Crippen molar-refractivity contribution >= 4 is 5.69 Å². The molecule has 20 heavy (non-hydrogen) atoms. The SMILES string of the molecule is COc1cc(N)ccc1CN1CCC(CN(C)C)CC1. The minimum absolute atomic E-state index is 0.760. The Morgan fingerprint density at radius 3 is 2.60 bits per heavy atom. The van der Waals surface area contributed by atoms with Crippen molar-refractivity contribution in [1.29, 1.82) is 0 Å². The maximum atomic E-state index is 5.80. The lowest BCUT2D eigenvalue weighted by atomic mass is 9.96. The fourth-order valence-corrected chi connectivity index (χ4v) is 2.98. The summed E-state index contributed by atoms with van der Waals surface area (Å²) in [4.78, 5) is 4.81. The van der Waals surface area contributed by atoms with E-state index in [1.54, 1.807) is 7.11 Å². The number of rotatable bonds is 5. The van der Waals surface area contributed by atoms with Crippen LogP contribution in [0.15, 0.2) is 18.2 Å². The van der Waals surface area contributed by atoms with Crippen LogP contribution in [-0.2, 0) is 6.54 Å². The van der Waals surface area contributed by atoms with E-state index in [2.05, 4.69) is 30.0 Å². The largest absolute Gasteiger partial charge is 0.496 e. The van der Waals surface area contributed by atoms with E-state index >= 15 is 0 Å². The van der Waals surface area contributed by atoms with E-state index in [0.29, 0.717) is 0 Å². The molecular formula is C16H27N3O. The summed E-state index contributed by atoms with van der Waals surface area (Å²) in [5, 5.41) is 0. The highest BCUT2D eigenvalue weighted by Crippen LogP contribution is 2.25. The predicted molar refractivity (Wildman–Crippen MR) is 84.0 cm³/mol. The molecule has 1 aliphatic heterocycles. The molecule has 1 aromatic carbocycles. The molecular weight excluding hydrogens is 250 g/mol. The Morgan fingerprint density at radius 2 is 2.00 bits per heavy atom. The maximum Gasteiger partial charge on any atom is 0.125 e. The Balaban J connectivity index is 1.89. The monoisotopic (exact) mass is 277 g/mol. The summed E-state index contributed by atoms with van der Waals surface area (Å²) in [6, 6.07) is 5.95. The summed E-state index contributed by atoms with van der Waals surface area (Å²) >= 11 is 0. The van der Waals surface area contributed by atoms with Gasteiger partial charge < -0.3 is 15.4 Å². The molecule has 0 amide bonds. The second-order valence-corrected chi connectivity index (χ2v) is 6.05. The van der Waals surface area contributed by atoms with Crippen LogP contribution < -0.4 is 10.5 Å². The van der Waals surface area contributed by atoms with E-state index in [0.717, 1.165) is 23.9 Å². The van der Waals surface area contributed by atoms with Crippen LogP contribution in [0.3, 0.4) is 0 Å². The number of methoxy groups -OCH3 is 1. The summed E-state index contributed by atoms with van der Waals surface area (Å²) in [7, 11) is 6.03. The van der Waals surface area contributed by atoms with Crippen LogP contribution in [-0.4, -0.2) is 50.6 Å². The zero-order valence-corrected chi connectivity index (χ0v) is 12.9. The van der Waals surface area contributed by atoms with Crippen LogP contribution in [0.5, 0.6) is 5.75 Å². The zero-order valence-electron chi connectivity index (χ0n) is 12.9. The molecule has 0 atom stereocenters. The van der Waals surface area contributed by atoms with Crippen molar-refractivity contribution in [3.63, 3.8) is 0 Å². The third kappa shape index (κ3) is 4.12. The number of likely N-dealkylation sites (tertiary alicyclic amines) is 1. The van der Waals surface area contributed by atoms with Gasteiger partial charge in [-0.25, -0.2) is 0 Å². The molecule has 4 heteroatoms. The minimum Gasteiger partial charge on any atom is -0.496 e. The second kappa shape index (κ2) is 6.95. The standard InChI is InChI=1S/C16H27N3O/c1-18(2)11-13-6-8-19(9-7-13)12-14-4-5-15(17)10-16(14)20-3/h4-5,10,13H,6-9,11-12,17H2,1-3H3. The summed E-state index contributed by atoms with van der Waals surface area (Å²) in [6.45, 7) is 4.51. The van der Waals surface area contributed by atoms with Crippen LogP contribution in [0.2, 0.25) is 0 Å². The van der Waals surface area contributed by atoms with E-state index in [4.69, 9.17) is 10.5 Å². The number of nitrogen functional groups attached to an aromatic ring is 1. The molecule has 2 rings (SSSR count). The van der Waals surface area contributed by atoms with Gasteiger partial charge in [0, 0.05) is 30.4 Å². The van der Waals surface area contributed by atoms with Gasteiger partial charge in [0.15, 0.2) is 0 Å². The van der Waals surface area contributed by atoms with Crippen molar-refractivity contribution in [3.05, 3.63) is 23.8 Å². The Kier molecular flexibility index (Phi) is 5.26. The Hall–Kier alpha value is -1.26. The summed E-state index contributed by atoms with van der Waals surface area (Å²) in [5.74, 6) is 1.75. The molecule has 0 bridgehead atoms. The highest BCUT2D eigenvalue weighted by Gasteiger charge is 2.20. The topological polar surface area (TPSA) is 41.7 Å². The number of benzene rings is 1. The second-order valence-electron chi connectivity index (χ2n) is 6.05. The maximum absolute atomic E-state index is 5.80. The summed E-state index contributed by atoms with van der Waals surface area (Å²) in [5.41, 5.74) is 7.79. The van der Waals surface area contributed by atoms with Crippen molar-refractivity contribution < 1.29 is 4.74 Å². The van der Waals surface area contributed by atoms with Crippen molar-refractivity contribution in [2.24, 2.45) is 5.92 Å². The quantitative estimate of drug-likeness (QED) is 0.837. The average molecular weight is 277 g/mol. The lowest BCUT2D eigenvalue weighted by Gasteiger charge is -2.33. The average Bonchev–Trinajstić information content (AvgIpc) is 2.42. The van der Waals surface area contributed by atoms with Gasteiger partial charge in [-0.1, -0.05) is 6.07 Å². The Morgan fingerprint density at radius 1 is 1.30 bits per heavy atom. The predicted octanol–water partition coefficient (Wildman–Crippen LogP) is 2.05. The molecule has 0 aromatic heterocycles. The van der Waals surface area contributed by atoms with Crippen LogP contribution in [0.25, 0.3) is 0 Å². The van der Waals surface area contributed by atoms with Crippen molar-refractivity contribution in [1.82, 2.24) is 9.80 Å². The molecule has 0 radical (unpaired) electrons. The fraction of sp³-hybridized carbons (Fsp3) is 0.625. The van der Waals surface area contributed by atoms with Gasteiger partial charge in [0.2, 0.25) is 0 Å². The molecule has 1 fully saturated rings. The van der Waals surface area contributed by atoms with Crippen LogP contribution in [0.1, 0.15) is 18.4 Å². The lowest BCUT2D eigenvalue weighted by Crippen LogP contribution is -2.36. The highest BCUT2D eigenvalue weighted by atomic mass is 16.5. The van der Waals surface area contributed by atoms with Gasteiger partial charge in [-0.15, -0.1) is 0 Å². The third-order valence-corrected chi connectivity index (χ3v) is 4.04. The van der Waals surface area contributed by atoms with Gasteiger partial charge in [0.05, 0.1) is 7.11 Å². The van der Waals surface area contributed by atoms with E-state index < -0.39 is 0 Å². The normalized spacial score (nSPS) is 17.6. The molecule has 0 spiro atoms. The molecule has 1 saturated heterocycles. The van der Waals surface area contributed by atoms with Crippen molar-refractivity contribution in [2.45, 2.75) is 19.4 Å². The van der Waals surface area contributed by atoms with E-state index in [-0.39, 0.29) is 0 Å². The first-order valence-corrected chi connectivity index (χ1v) is 7.38. The van der Waals surface area contributed by atoms with E-state index in [9.17, 15) is 0 Å². The van der Waals surface area contributed by atoms with Gasteiger partial charge in [-0.05, 0) is 52.0 Å². The molecule has 112 valence electrons. The smallest absolute Gasteiger partial charge is 0.125 e. The van der Waals surface area contributed by atoms with Crippen LogP contribution in [0, 0.1) is 5.92 Å². The van der Waals surface area contributed by atoms with Crippen LogP contribution >= 0.6 is 0 Å². The summed E-state index contributed by atoms with van der Waals surface area (Å²) in [6.07, 6.45) is 2.57. The Bertz CT molecular complexity index is 426. The van der Waals surface area contributed by atoms with E-state index in [1.165, 1.54) is 38.0 Å². The zero-order chi connectivity index (χ0) is 14.5. The number of hydrogen-bond acceptors (Lipinski definition) is 4. The number of ether oxygens (including phenoxy) is 1. The Labute approximate surface area is 122 Å². The lowest BCUT2D eigenvalue weighted by molar-refractivity contribution is 0.156. The minimum atomic E-state index is 0.760. The molecule has 0 saturated carbocycles. The number of piperidine rings is 1. The first-order chi connectivity index (χ1) is 9.58. The molecule has 2 N–H and O–H groups in total. The van der Waals surface area contributed by atoms with E-state index in [1.807, 2.05) is 12.1 Å². The first kappa shape index (κ1) is 15.1. The van der Waals surface area contributed by atoms with Gasteiger partial charge in [0.25, 0.3) is 0 Å². The van der Waals surface area contributed by atoms with Crippen molar-refractivity contribution in [2.75, 3.05) is 46.6 Å². The summed E-state index contributed by atoms with van der Waals surface area (Å²) < 4.78 is 5.43. The first-order valence-electron chi connectivity index (χ1n) is 7.38. The highest BCUT2D eigenvalue weighted by molar-refractivity contribution is 5.48. The number of hydrogen-bond donors (Lipinski definition) is 1. The van der Waals surface area contributed by atoms with Crippen LogP contribution in [0.4, 0.5) is 5.69 Å². The molecule has 4 nitrogen and oxygen atoms in total. The number of nitrogens with zero attached hydrogens (tertiary/aromatic N) is 2. The molecule has 1 aliphatic rings. The molecule has 0 aliphatic carbocycles. The molecule has 1 heterocycles. The van der Waals surface area contributed by atoms with Gasteiger partial charge in [-0.3, -0.25) is 4.90 Å². The fourth-order valence-electron chi connectivity index (χ4n) is 2.98. The van der Waals surface area contributed by atoms with Gasteiger partial charge in [0.1, 0.15) is 5.75 Å². The van der Waals surface area contributed by atoms with Crippen molar-refractivity contribution in [3.8, 4) is 5.75 Å². The number of anilines is 1. The molecule has 0 unspecified atom stereocenters.